The molecule has 0 aliphatic heterocycles. The Morgan fingerprint density at radius 3 is 1.24 bits per heavy atom. The molecule has 0 saturated carbocycles. The molecule has 0 spiro atoms. The molecule has 4 nitrogen and oxygen atoms in total. The molecule has 4 aromatic heterocycles. The second-order valence-corrected chi connectivity index (χ2v) is 16.3. The molecular weight excluding hydrogens is 771 g/mol. The van der Waals surface area contributed by atoms with E-state index in [9.17, 15) is 0 Å². The number of halogens is 2. The van der Waals surface area contributed by atoms with E-state index in [1.165, 1.54) is 12.1 Å². The third-order valence-electron chi connectivity index (χ3n) is 13.0. The molecule has 294 valence electrons. The third kappa shape index (κ3) is 4.69. The normalized spacial score (nSPS) is 12.2. The van der Waals surface area contributed by atoms with Gasteiger partial charge in [-0.25, -0.2) is 8.78 Å². The second-order valence-electron chi connectivity index (χ2n) is 16.3. The van der Waals surface area contributed by atoms with Gasteiger partial charge in [0.2, 0.25) is 0 Å². The monoisotopic (exact) mass is 804 g/mol. The first kappa shape index (κ1) is 34.9. The fraction of sp³-hybridized carbons (Fsp3) is 0.0357. The molecule has 0 fully saturated rings. The maximum atomic E-state index is 15.8. The number of nitrogens with zero attached hydrogens (tertiary/aromatic N) is 2. The molecule has 4 heterocycles. The van der Waals surface area contributed by atoms with Crippen molar-refractivity contribution in [2.24, 2.45) is 0 Å². The van der Waals surface area contributed by atoms with E-state index >= 15 is 8.78 Å². The predicted molar refractivity (Wildman–Crippen MR) is 250 cm³/mol. The molecule has 9 aromatic carbocycles. The van der Waals surface area contributed by atoms with Crippen molar-refractivity contribution in [2.45, 2.75) is 13.8 Å². The van der Waals surface area contributed by atoms with Gasteiger partial charge in [-0.1, -0.05) is 97.1 Å². The summed E-state index contributed by atoms with van der Waals surface area (Å²) < 4.78 is 49.1. The quantitative estimate of drug-likeness (QED) is 0.178. The van der Waals surface area contributed by atoms with Gasteiger partial charge in [0.05, 0.1) is 33.4 Å². The number of aromatic nitrogens is 2. The molecule has 0 saturated heterocycles. The van der Waals surface area contributed by atoms with E-state index in [1.54, 1.807) is 24.3 Å². The number of rotatable bonds is 4. The Kier molecular flexibility index (Phi) is 7.18. The first-order valence-corrected chi connectivity index (χ1v) is 20.8. The third-order valence-corrected chi connectivity index (χ3v) is 13.0. The van der Waals surface area contributed by atoms with Crippen LogP contribution in [0.3, 0.4) is 0 Å². The standard InChI is InChI=1S/C56H34F2N2O2/c1-31-49(33-13-11-15-35(57)29-33)56(60-42-22-8-4-18-38(42)52-44(60)26-28-48-54(52)40-20-6-10-24-46(40)62-48)50(34-14-12-16-36(58)30-34)32(2)55(31)59-41-21-7-3-17-37(41)51-43(59)25-27-47-53(51)39-19-5-9-23-45(39)61-47/h3-30H,1-2H3. The fourth-order valence-corrected chi connectivity index (χ4v) is 10.6. The highest BCUT2D eigenvalue weighted by Crippen LogP contribution is 2.51. The molecule has 13 aromatic rings. The number of hydrogen-bond donors (Lipinski definition) is 0. The van der Waals surface area contributed by atoms with Crippen molar-refractivity contribution in [3.63, 3.8) is 0 Å². The Labute approximate surface area is 353 Å². The number of benzene rings is 9. The Balaban J connectivity index is 1.26. The molecule has 0 unspecified atom stereocenters. The van der Waals surface area contributed by atoms with Crippen molar-refractivity contribution < 1.29 is 17.6 Å². The largest absolute Gasteiger partial charge is 0.456 e. The average Bonchev–Trinajstić information content (AvgIpc) is 4.04. The van der Waals surface area contributed by atoms with Crippen LogP contribution in [0.4, 0.5) is 8.78 Å². The minimum Gasteiger partial charge on any atom is -0.456 e. The highest BCUT2D eigenvalue weighted by Gasteiger charge is 2.30. The lowest BCUT2D eigenvalue weighted by Crippen LogP contribution is -2.10. The van der Waals surface area contributed by atoms with Gasteiger partial charge in [-0.3, -0.25) is 0 Å². The van der Waals surface area contributed by atoms with Gasteiger partial charge in [-0.2, -0.15) is 0 Å². The summed E-state index contributed by atoms with van der Waals surface area (Å²) in [5, 5.41) is 8.43. The fourth-order valence-electron chi connectivity index (χ4n) is 10.6. The van der Waals surface area contributed by atoms with E-state index in [-0.39, 0.29) is 11.6 Å². The van der Waals surface area contributed by atoms with E-state index in [4.69, 9.17) is 8.83 Å². The molecule has 0 radical (unpaired) electrons. The van der Waals surface area contributed by atoms with Crippen molar-refractivity contribution in [2.75, 3.05) is 0 Å². The molecule has 0 aliphatic rings. The van der Waals surface area contributed by atoms with Crippen LogP contribution >= 0.6 is 0 Å². The summed E-state index contributed by atoms with van der Waals surface area (Å²) in [4.78, 5) is 0. The molecule has 13 rings (SSSR count). The first-order valence-electron chi connectivity index (χ1n) is 20.8. The highest BCUT2D eigenvalue weighted by atomic mass is 19.1. The number of para-hydroxylation sites is 4. The Bertz CT molecular complexity index is 3980. The smallest absolute Gasteiger partial charge is 0.136 e. The summed E-state index contributed by atoms with van der Waals surface area (Å²) in [6.45, 7) is 4.28. The van der Waals surface area contributed by atoms with E-state index < -0.39 is 0 Å². The van der Waals surface area contributed by atoms with Crippen LogP contribution in [0, 0.1) is 25.5 Å². The Morgan fingerprint density at radius 2 is 0.774 bits per heavy atom. The van der Waals surface area contributed by atoms with Crippen LogP contribution < -0.4 is 0 Å². The zero-order valence-electron chi connectivity index (χ0n) is 33.6. The molecule has 0 bridgehead atoms. The van der Waals surface area contributed by atoms with E-state index in [0.717, 1.165) is 121 Å². The van der Waals surface area contributed by atoms with Gasteiger partial charge in [-0.15, -0.1) is 0 Å². The summed E-state index contributed by atoms with van der Waals surface area (Å²) in [5.41, 5.74) is 14.0. The minimum atomic E-state index is -0.345. The predicted octanol–water partition coefficient (Wildman–Crippen LogP) is 15.9. The van der Waals surface area contributed by atoms with Gasteiger partial charge in [0.15, 0.2) is 0 Å². The van der Waals surface area contributed by atoms with Crippen molar-refractivity contribution >= 4 is 87.5 Å². The molecule has 0 atom stereocenters. The highest BCUT2D eigenvalue weighted by molar-refractivity contribution is 6.29. The lowest BCUT2D eigenvalue weighted by atomic mass is 9.86. The van der Waals surface area contributed by atoms with E-state index in [0.29, 0.717) is 11.1 Å². The second kappa shape index (κ2) is 12.8. The minimum absolute atomic E-state index is 0.345. The van der Waals surface area contributed by atoms with Crippen LogP contribution in [-0.4, -0.2) is 9.13 Å². The summed E-state index contributed by atoms with van der Waals surface area (Å²) in [7, 11) is 0. The summed E-state index contributed by atoms with van der Waals surface area (Å²) >= 11 is 0. The van der Waals surface area contributed by atoms with Crippen molar-refractivity contribution in [3.8, 4) is 33.6 Å². The molecule has 6 heteroatoms. The van der Waals surface area contributed by atoms with Gasteiger partial charge in [0, 0.05) is 54.2 Å². The Hall–Kier alpha value is -7.96. The van der Waals surface area contributed by atoms with Crippen LogP contribution in [0.25, 0.3) is 121 Å². The van der Waals surface area contributed by atoms with E-state index in [2.05, 4.69) is 102 Å². The average molecular weight is 805 g/mol. The number of fused-ring (bicyclic) bond motifs is 14. The number of furan rings is 2. The zero-order chi connectivity index (χ0) is 41.4. The topological polar surface area (TPSA) is 36.1 Å². The zero-order valence-corrected chi connectivity index (χ0v) is 33.6. The van der Waals surface area contributed by atoms with Gasteiger partial charge in [0.25, 0.3) is 0 Å². The molecule has 0 amide bonds. The van der Waals surface area contributed by atoms with Crippen molar-refractivity contribution in [1.82, 2.24) is 9.13 Å². The molecule has 62 heavy (non-hydrogen) atoms. The van der Waals surface area contributed by atoms with E-state index in [1.807, 2.05) is 54.6 Å². The maximum absolute atomic E-state index is 15.8. The van der Waals surface area contributed by atoms with Gasteiger partial charge in [0.1, 0.15) is 34.0 Å². The summed E-state index contributed by atoms with van der Waals surface area (Å²) in [6, 6.07) is 55.3. The van der Waals surface area contributed by atoms with Crippen molar-refractivity contribution in [1.29, 1.82) is 0 Å². The van der Waals surface area contributed by atoms with Crippen LogP contribution in [0.5, 0.6) is 0 Å². The van der Waals surface area contributed by atoms with Crippen LogP contribution in [0.15, 0.2) is 179 Å². The summed E-state index contributed by atoms with van der Waals surface area (Å²) in [6.07, 6.45) is 0. The lowest BCUT2D eigenvalue weighted by molar-refractivity contribution is 0.628. The summed E-state index contributed by atoms with van der Waals surface area (Å²) in [5.74, 6) is -0.690. The maximum Gasteiger partial charge on any atom is 0.136 e. The first-order chi connectivity index (χ1) is 30.4. The molecule has 0 N–H and O–H groups in total. The molecule has 0 aliphatic carbocycles. The van der Waals surface area contributed by atoms with Gasteiger partial charge in [-0.05, 0) is 109 Å². The number of hydrogen-bond acceptors (Lipinski definition) is 2. The SMILES string of the molecule is Cc1c(-c2cccc(F)c2)c(-n2c3ccccc3c3c4c(ccc32)oc2ccccc24)c(-c2cccc(F)c2)c(C)c1-n1c2ccccc2c2c3c(ccc21)oc1ccccc13. The van der Waals surface area contributed by atoms with Gasteiger partial charge >= 0.3 is 0 Å². The van der Waals surface area contributed by atoms with Crippen molar-refractivity contribution in [3.05, 3.63) is 193 Å². The van der Waals surface area contributed by atoms with Crippen LogP contribution in [-0.2, 0) is 0 Å². The lowest BCUT2D eigenvalue weighted by Gasteiger charge is -2.27. The Morgan fingerprint density at radius 1 is 0.355 bits per heavy atom. The van der Waals surface area contributed by atoms with Crippen LogP contribution in [0.1, 0.15) is 11.1 Å². The van der Waals surface area contributed by atoms with Gasteiger partial charge < -0.3 is 18.0 Å². The molecular formula is C56H34F2N2O2. The van der Waals surface area contributed by atoms with Crippen LogP contribution in [0.2, 0.25) is 0 Å².